The molecule has 1 rings (SSSR count). The quantitative estimate of drug-likeness (QED) is 0.860. The van der Waals surface area contributed by atoms with Crippen LogP contribution in [0.15, 0.2) is 18.2 Å². The smallest absolute Gasteiger partial charge is 0.403 e. The van der Waals surface area contributed by atoms with Gasteiger partial charge in [-0.15, -0.1) is 0 Å². The summed E-state index contributed by atoms with van der Waals surface area (Å²) in [7, 11) is -3.39. The van der Waals surface area contributed by atoms with Gasteiger partial charge < -0.3 is 9.67 Å². The van der Waals surface area contributed by atoms with E-state index in [4.69, 9.17) is 0 Å². The number of anilines is 1. The molecule has 0 radical (unpaired) electrons. The van der Waals surface area contributed by atoms with Crippen LogP contribution in [0.25, 0.3) is 0 Å². The van der Waals surface area contributed by atoms with Gasteiger partial charge in [0.1, 0.15) is 0 Å². The van der Waals surface area contributed by atoms with Crippen LogP contribution >= 0.6 is 0 Å². The minimum atomic E-state index is -1.94. The molecule has 0 aromatic heterocycles. The molecular weight excluding hydrogens is 270 g/mol. The molecule has 0 aliphatic rings. The highest BCUT2D eigenvalue weighted by atomic mass is 28.3. The van der Waals surface area contributed by atoms with Crippen molar-refractivity contribution in [1.29, 1.82) is 0 Å². The van der Waals surface area contributed by atoms with Gasteiger partial charge in [-0.3, -0.25) is 0 Å². The van der Waals surface area contributed by atoms with Crippen molar-refractivity contribution >= 4 is 33.3 Å². The van der Waals surface area contributed by atoms with Crippen molar-refractivity contribution in [1.82, 2.24) is 0 Å². The molecule has 0 saturated heterocycles. The standard InChI is InChI=1S/C14H25NO2Si2/c1-11-8-9-12(10-13(11)18(2,3)4)15(14(16)17)19(5,6)7/h8-10H,1-7H3,(H,16,17). The van der Waals surface area contributed by atoms with Crippen molar-refractivity contribution in [3.63, 3.8) is 0 Å². The monoisotopic (exact) mass is 295 g/mol. The number of aryl methyl sites for hydroxylation is 1. The van der Waals surface area contributed by atoms with E-state index in [-0.39, 0.29) is 0 Å². The zero-order valence-electron chi connectivity index (χ0n) is 13.0. The number of amides is 1. The number of carboxylic acid groups (broad SMARTS) is 1. The van der Waals surface area contributed by atoms with Gasteiger partial charge in [-0.2, -0.15) is 0 Å². The molecule has 106 valence electrons. The zero-order valence-corrected chi connectivity index (χ0v) is 15.0. The number of rotatable bonds is 3. The van der Waals surface area contributed by atoms with Crippen LogP contribution in [-0.2, 0) is 0 Å². The summed E-state index contributed by atoms with van der Waals surface area (Å²) in [5, 5.41) is 10.8. The van der Waals surface area contributed by atoms with E-state index in [0.29, 0.717) is 0 Å². The van der Waals surface area contributed by atoms with Crippen molar-refractivity contribution in [2.45, 2.75) is 46.2 Å². The summed E-state index contributed by atoms with van der Waals surface area (Å²) in [5.74, 6) is 0. The fourth-order valence-electron chi connectivity index (χ4n) is 2.34. The maximum atomic E-state index is 11.6. The topological polar surface area (TPSA) is 40.5 Å². The predicted molar refractivity (Wildman–Crippen MR) is 88.0 cm³/mol. The van der Waals surface area contributed by atoms with Gasteiger partial charge in [0.2, 0.25) is 0 Å². The predicted octanol–water partition coefficient (Wildman–Crippen LogP) is 3.86. The summed E-state index contributed by atoms with van der Waals surface area (Å²) in [6, 6.07) is 6.08. The minimum absolute atomic E-state index is 0.828. The summed E-state index contributed by atoms with van der Waals surface area (Å²) in [6.45, 7) is 15.1. The Bertz CT molecular complexity index is 487. The lowest BCUT2D eigenvalue weighted by Gasteiger charge is -2.33. The maximum Gasteiger partial charge on any atom is 0.403 e. The van der Waals surface area contributed by atoms with Crippen LogP contribution in [0.3, 0.4) is 0 Å². The lowest BCUT2D eigenvalue weighted by molar-refractivity contribution is 0.205. The second-order valence-electron chi connectivity index (χ2n) is 7.04. The van der Waals surface area contributed by atoms with E-state index in [1.54, 1.807) is 4.57 Å². The third-order valence-corrected chi connectivity index (χ3v) is 7.10. The lowest BCUT2D eigenvalue weighted by atomic mass is 10.2. The Morgan fingerprint density at radius 2 is 1.63 bits per heavy atom. The molecule has 3 nitrogen and oxygen atoms in total. The van der Waals surface area contributed by atoms with Crippen molar-refractivity contribution < 1.29 is 9.90 Å². The molecule has 0 fully saturated rings. The molecule has 0 aliphatic heterocycles. The van der Waals surface area contributed by atoms with Gasteiger partial charge in [0.15, 0.2) is 8.24 Å². The van der Waals surface area contributed by atoms with Gasteiger partial charge in [0.05, 0.1) is 8.07 Å². The second kappa shape index (κ2) is 5.13. The molecule has 0 unspecified atom stereocenters. The van der Waals surface area contributed by atoms with Gasteiger partial charge in [-0.05, 0) is 19.1 Å². The summed E-state index contributed by atoms with van der Waals surface area (Å²) in [5.41, 5.74) is 2.10. The SMILES string of the molecule is Cc1ccc(N(C(=O)O)[Si](C)(C)C)cc1[Si](C)(C)C. The number of hydrogen-bond donors (Lipinski definition) is 1. The third-order valence-electron chi connectivity index (χ3n) is 3.15. The van der Waals surface area contributed by atoms with Gasteiger partial charge in [0.25, 0.3) is 0 Å². The normalized spacial score (nSPS) is 12.4. The van der Waals surface area contributed by atoms with E-state index in [1.165, 1.54) is 10.8 Å². The van der Waals surface area contributed by atoms with E-state index in [0.717, 1.165) is 5.69 Å². The van der Waals surface area contributed by atoms with Crippen LogP contribution in [0.5, 0.6) is 0 Å². The van der Waals surface area contributed by atoms with E-state index in [9.17, 15) is 9.90 Å². The van der Waals surface area contributed by atoms with E-state index in [1.807, 2.05) is 6.07 Å². The maximum absolute atomic E-state index is 11.6. The Balaban J connectivity index is 3.39. The number of hydrogen-bond acceptors (Lipinski definition) is 1. The Labute approximate surface area is 118 Å². The average Bonchev–Trinajstić information content (AvgIpc) is 2.16. The fourth-order valence-corrected chi connectivity index (χ4v) is 5.68. The van der Waals surface area contributed by atoms with Gasteiger partial charge in [-0.1, -0.05) is 56.1 Å². The van der Waals surface area contributed by atoms with E-state index in [2.05, 4.69) is 58.3 Å². The molecule has 1 aromatic carbocycles. The molecule has 1 N–H and O–H groups in total. The van der Waals surface area contributed by atoms with Crippen molar-refractivity contribution in [3.8, 4) is 0 Å². The highest BCUT2D eigenvalue weighted by Gasteiger charge is 2.31. The molecule has 0 atom stereocenters. The van der Waals surface area contributed by atoms with Crippen molar-refractivity contribution in [2.24, 2.45) is 0 Å². The van der Waals surface area contributed by atoms with Gasteiger partial charge in [0, 0.05) is 5.69 Å². The summed E-state index contributed by atoms with van der Waals surface area (Å²) < 4.78 is 1.58. The minimum Gasteiger partial charge on any atom is -0.465 e. The van der Waals surface area contributed by atoms with Gasteiger partial charge in [-0.25, -0.2) is 4.79 Å². The number of benzene rings is 1. The first-order valence-corrected chi connectivity index (χ1v) is 13.5. The summed E-state index contributed by atoms with van der Waals surface area (Å²) >= 11 is 0. The summed E-state index contributed by atoms with van der Waals surface area (Å²) in [4.78, 5) is 11.6. The third kappa shape index (κ3) is 3.70. The molecule has 19 heavy (non-hydrogen) atoms. The lowest BCUT2D eigenvalue weighted by Crippen LogP contribution is -2.50. The van der Waals surface area contributed by atoms with Crippen LogP contribution in [0.1, 0.15) is 5.56 Å². The zero-order chi connectivity index (χ0) is 15.0. The highest BCUT2D eigenvalue weighted by molar-refractivity contribution is 6.89. The summed E-state index contributed by atoms with van der Waals surface area (Å²) in [6.07, 6.45) is -0.843. The number of carbonyl (C=O) groups is 1. The molecule has 0 aliphatic carbocycles. The van der Waals surface area contributed by atoms with Crippen LogP contribution in [-0.4, -0.2) is 27.5 Å². The first-order chi connectivity index (χ1) is 8.44. The molecule has 1 amide bonds. The van der Waals surface area contributed by atoms with Crippen molar-refractivity contribution in [2.75, 3.05) is 4.57 Å². The van der Waals surface area contributed by atoms with Crippen LogP contribution in [0, 0.1) is 6.92 Å². The first kappa shape index (κ1) is 16.0. The van der Waals surface area contributed by atoms with Gasteiger partial charge >= 0.3 is 6.09 Å². The van der Waals surface area contributed by atoms with Crippen LogP contribution in [0.4, 0.5) is 10.5 Å². The Morgan fingerprint density at radius 1 is 1.11 bits per heavy atom. The highest BCUT2D eigenvalue weighted by Crippen LogP contribution is 2.23. The average molecular weight is 296 g/mol. The van der Waals surface area contributed by atoms with E-state index >= 15 is 0 Å². The molecule has 0 heterocycles. The molecular formula is C14H25NO2Si2. The molecule has 0 bridgehead atoms. The first-order valence-electron chi connectivity index (χ1n) is 6.59. The van der Waals surface area contributed by atoms with E-state index < -0.39 is 22.4 Å². The Hall–Kier alpha value is -1.08. The second-order valence-corrected chi connectivity index (χ2v) is 16.9. The van der Waals surface area contributed by atoms with Crippen LogP contribution < -0.4 is 9.75 Å². The molecule has 5 heteroatoms. The Kier molecular flexibility index (Phi) is 4.31. The molecule has 0 saturated carbocycles. The largest absolute Gasteiger partial charge is 0.465 e. The molecule has 1 aromatic rings. The number of nitrogens with zero attached hydrogens (tertiary/aromatic N) is 1. The molecule has 0 spiro atoms. The fraction of sp³-hybridized carbons (Fsp3) is 0.500. The Morgan fingerprint density at radius 3 is 2.00 bits per heavy atom. The van der Waals surface area contributed by atoms with Crippen LogP contribution in [0.2, 0.25) is 39.3 Å². The van der Waals surface area contributed by atoms with Crippen molar-refractivity contribution in [3.05, 3.63) is 23.8 Å².